The van der Waals surface area contributed by atoms with Gasteiger partial charge in [0, 0.05) is 32.6 Å². The lowest BCUT2D eigenvalue weighted by Crippen LogP contribution is -2.46. The summed E-state index contributed by atoms with van der Waals surface area (Å²) in [7, 11) is 0. The molecule has 0 aromatic carbocycles. The van der Waals surface area contributed by atoms with Crippen LogP contribution in [-0.4, -0.2) is 49.5 Å². The molecule has 1 saturated heterocycles. The molecule has 1 unspecified atom stereocenters. The van der Waals surface area contributed by atoms with Crippen molar-refractivity contribution >= 4 is 35.8 Å². The van der Waals surface area contributed by atoms with E-state index < -0.39 is 0 Å². The molecule has 124 valence electrons. The number of hydrogen-bond acceptors (Lipinski definition) is 2. The first-order chi connectivity index (χ1) is 9.67. The third-order valence-corrected chi connectivity index (χ3v) is 3.46. The van der Waals surface area contributed by atoms with Gasteiger partial charge in [0.25, 0.3) is 0 Å². The van der Waals surface area contributed by atoms with Crippen LogP contribution < -0.4 is 10.6 Å². The van der Waals surface area contributed by atoms with Crippen molar-refractivity contribution in [2.75, 3.05) is 32.7 Å². The van der Waals surface area contributed by atoms with Crippen LogP contribution in [0.2, 0.25) is 0 Å². The molecule has 1 aliphatic rings. The summed E-state index contributed by atoms with van der Waals surface area (Å²) in [6.45, 7) is 10.7. The van der Waals surface area contributed by atoms with Gasteiger partial charge in [0.05, 0.1) is 6.54 Å². The molecule has 0 bridgehead atoms. The number of piperidine rings is 1. The van der Waals surface area contributed by atoms with Crippen LogP contribution >= 0.6 is 24.0 Å². The average Bonchev–Trinajstić information content (AvgIpc) is 2.44. The van der Waals surface area contributed by atoms with E-state index in [4.69, 9.17) is 0 Å². The first kappa shape index (κ1) is 20.5. The van der Waals surface area contributed by atoms with Crippen LogP contribution in [0, 0.1) is 5.92 Å². The van der Waals surface area contributed by atoms with E-state index in [9.17, 15) is 4.79 Å². The molecule has 1 fully saturated rings. The minimum absolute atomic E-state index is 0. The number of nitrogens with one attached hydrogen (secondary N) is 2. The van der Waals surface area contributed by atoms with Crippen LogP contribution in [0.5, 0.6) is 0 Å². The van der Waals surface area contributed by atoms with Crippen LogP contribution in [0.3, 0.4) is 0 Å². The lowest BCUT2D eigenvalue weighted by molar-refractivity contribution is -0.120. The molecule has 1 amide bonds. The Morgan fingerprint density at radius 1 is 1.33 bits per heavy atom. The standard InChI is InChI=1S/C15H30N4O.HI/c1-4-9-17-14(20)8-10-18-15(16-5-2)19-11-6-7-13(3)12-19;/h13H,4-12H2,1-3H3,(H,16,18)(H,17,20);1H. The van der Waals surface area contributed by atoms with Gasteiger partial charge in [-0.05, 0) is 32.1 Å². The van der Waals surface area contributed by atoms with Gasteiger partial charge in [-0.1, -0.05) is 13.8 Å². The van der Waals surface area contributed by atoms with E-state index in [1.54, 1.807) is 0 Å². The van der Waals surface area contributed by atoms with Crippen molar-refractivity contribution in [3.63, 3.8) is 0 Å². The Morgan fingerprint density at radius 2 is 2.10 bits per heavy atom. The van der Waals surface area contributed by atoms with Crippen molar-refractivity contribution < 1.29 is 4.79 Å². The predicted octanol–water partition coefficient (Wildman–Crippen LogP) is 2.22. The predicted molar refractivity (Wildman–Crippen MR) is 99.3 cm³/mol. The molecular weight excluding hydrogens is 379 g/mol. The number of guanidine groups is 1. The molecule has 0 radical (unpaired) electrons. The molecular formula is C15H31IN4O. The number of rotatable bonds is 6. The maximum Gasteiger partial charge on any atom is 0.221 e. The third-order valence-electron chi connectivity index (χ3n) is 3.46. The van der Waals surface area contributed by atoms with Gasteiger partial charge >= 0.3 is 0 Å². The van der Waals surface area contributed by atoms with Crippen molar-refractivity contribution in [1.82, 2.24) is 15.5 Å². The Kier molecular flexibility index (Phi) is 11.8. The monoisotopic (exact) mass is 410 g/mol. The summed E-state index contributed by atoms with van der Waals surface area (Å²) in [5.41, 5.74) is 0. The molecule has 1 atom stereocenters. The zero-order valence-electron chi connectivity index (χ0n) is 13.7. The summed E-state index contributed by atoms with van der Waals surface area (Å²) in [6, 6.07) is 0. The molecule has 0 aromatic rings. The molecule has 0 aliphatic carbocycles. The molecule has 21 heavy (non-hydrogen) atoms. The van der Waals surface area contributed by atoms with E-state index in [-0.39, 0.29) is 29.9 Å². The van der Waals surface area contributed by atoms with Gasteiger partial charge in [0.2, 0.25) is 5.91 Å². The highest BCUT2D eigenvalue weighted by Crippen LogP contribution is 2.15. The minimum atomic E-state index is 0. The van der Waals surface area contributed by atoms with E-state index in [2.05, 4.69) is 41.3 Å². The summed E-state index contributed by atoms with van der Waals surface area (Å²) in [5.74, 6) is 1.78. The molecule has 0 saturated carbocycles. The van der Waals surface area contributed by atoms with Crippen molar-refractivity contribution in [2.45, 2.75) is 46.5 Å². The Morgan fingerprint density at radius 3 is 2.71 bits per heavy atom. The highest BCUT2D eigenvalue weighted by Gasteiger charge is 2.18. The van der Waals surface area contributed by atoms with E-state index in [1.807, 2.05) is 0 Å². The zero-order chi connectivity index (χ0) is 14.8. The molecule has 6 heteroatoms. The molecule has 1 rings (SSSR count). The second-order valence-corrected chi connectivity index (χ2v) is 5.53. The maximum atomic E-state index is 11.6. The van der Waals surface area contributed by atoms with Crippen LogP contribution in [0.25, 0.3) is 0 Å². The van der Waals surface area contributed by atoms with Crippen molar-refractivity contribution in [2.24, 2.45) is 10.9 Å². The highest BCUT2D eigenvalue weighted by atomic mass is 127. The van der Waals surface area contributed by atoms with E-state index in [0.29, 0.717) is 13.0 Å². The summed E-state index contributed by atoms with van der Waals surface area (Å²) in [5, 5.41) is 6.22. The number of nitrogens with zero attached hydrogens (tertiary/aromatic N) is 2. The molecule has 1 aliphatic heterocycles. The Balaban J connectivity index is 0.00000400. The number of hydrogen-bond donors (Lipinski definition) is 2. The molecule has 0 aromatic heterocycles. The minimum Gasteiger partial charge on any atom is -0.357 e. The average molecular weight is 410 g/mol. The van der Waals surface area contributed by atoms with Gasteiger partial charge in [0.1, 0.15) is 0 Å². The van der Waals surface area contributed by atoms with Crippen molar-refractivity contribution in [1.29, 1.82) is 0 Å². The van der Waals surface area contributed by atoms with Crippen LogP contribution in [-0.2, 0) is 4.79 Å². The number of likely N-dealkylation sites (tertiary alicyclic amines) is 1. The topological polar surface area (TPSA) is 56.7 Å². The van der Waals surface area contributed by atoms with Gasteiger partial charge < -0.3 is 15.5 Å². The van der Waals surface area contributed by atoms with Crippen molar-refractivity contribution in [3.8, 4) is 0 Å². The first-order valence-electron chi connectivity index (χ1n) is 7.97. The fraction of sp³-hybridized carbons (Fsp3) is 0.867. The van der Waals surface area contributed by atoms with Gasteiger partial charge in [0.15, 0.2) is 5.96 Å². The molecule has 1 heterocycles. The van der Waals surface area contributed by atoms with E-state index in [0.717, 1.165) is 44.5 Å². The fourth-order valence-corrected chi connectivity index (χ4v) is 2.42. The summed E-state index contributed by atoms with van der Waals surface area (Å²) < 4.78 is 0. The summed E-state index contributed by atoms with van der Waals surface area (Å²) in [6.07, 6.45) is 3.97. The molecule has 5 nitrogen and oxygen atoms in total. The number of carbonyl (C=O) groups excluding carboxylic acids is 1. The maximum absolute atomic E-state index is 11.6. The largest absolute Gasteiger partial charge is 0.357 e. The Labute approximate surface area is 146 Å². The fourth-order valence-electron chi connectivity index (χ4n) is 2.42. The van der Waals surface area contributed by atoms with Gasteiger partial charge in [-0.25, -0.2) is 0 Å². The van der Waals surface area contributed by atoms with Gasteiger partial charge in [-0.2, -0.15) is 0 Å². The normalized spacial score (nSPS) is 18.9. The zero-order valence-corrected chi connectivity index (χ0v) is 16.0. The lowest BCUT2D eigenvalue weighted by atomic mass is 10.0. The van der Waals surface area contributed by atoms with Gasteiger partial charge in [-0.15, -0.1) is 24.0 Å². The number of carbonyl (C=O) groups is 1. The second kappa shape index (κ2) is 12.1. The molecule has 2 N–H and O–H groups in total. The van der Waals surface area contributed by atoms with E-state index >= 15 is 0 Å². The quantitative estimate of drug-likeness (QED) is 0.401. The summed E-state index contributed by atoms with van der Waals surface area (Å²) >= 11 is 0. The third kappa shape index (κ3) is 8.48. The van der Waals surface area contributed by atoms with Crippen LogP contribution in [0.15, 0.2) is 4.99 Å². The first-order valence-corrected chi connectivity index (χ1v) is 7.97. The molecule has 0 spiro atoms. The lowest BCUT2D eigenvalue weighted by Gasteiger charge is -2.33. The van der Waals surface area contributed by atoms with Crippen molar-refractivity contribution in [3.05, 3.63) is 0 Å². The highest BCUT2D eigenvalue weighted by molar-refractivity contribution is 14.0. The number of amides is 1. The SMILES string of the molecule is CCCNC(=O)CCN=C(NCC)N1CCCC(C)C1.I. The second-order valence-electron chi connectivity index (χ2n) is 5.53. The van der Waals surface area contributed by atoms with Crippen LogP contribution in [0.4, 0.5) is 0 Å². The Bertz CT molecular complexity index is 323. The summed E-state index contributed by atoms with van der Waals surface area (Å²) in [4.78, 5) is 18.5. The van der Waals surface area contributed by atoms with Gasteiger partial charge in [-0.3, -0.25) is 9.79 Å². The number of halogens is 1. The Hall–Kier alpha value is -0.530. The van der Waals surface area contributed by atoms with E-state index in [1.165, 1.54) is 12.8 Å². The smallest absolute Gasteiger partial charge is 0.221 e. The number of aliphatic imine (C=N–C) groups is 1. The van der Waals surface area contributed by atoms with Crippen LogP contribution in [0.1, 0.15) is 46.5 Å².